The largest absolute Gasteiger partial charge is 0.309 e. The number of benzene rings is 12. The third kappa shape index (κ3) is 4.47. The summed E-state index contributed by atoms with van der Waals surface area (Å²) in [6.45, 7) is 4.83. The van der Waals surface area contributed by atoms with Gasteiger partial charge < -0.3 is 4.57 Å². The highest BCUT2D eigenvalue weighted by atomic mass is 15.0. The fraction of sp³-hybridized carbons (Fsp3) is 0.0492. The summed E-state index contributed by atoms with van der Waals surface area (Å²) in [4.78, 5) is 0. The zero-order valence-corrected chi connectivity index (χ0v) is 34.5. The van der Waals surface area contributed by atoms with Crippen molar-refractivity contribution in [3.05, 3.63) is 211 Å². The molecule has 0 spiro atoms. The molecule has 0 N–H and O–H groups in total. The number of rotatable bonds is 3. The summed E-state index contributed by atoms with van der Waals surface area (Å²) in [5.74, 6) is 0. The van der Waals surface area contributed by atoms with Crippen molar-refractivity contribution < 1.29 is 0 Å². The van der Waals surface area contributed by atoms with Gasteiger partial charge in [0, 0.05) is 21.6 Å². The van der Waals surface area contributed by atoms with Crippen LogP contribution in [0.5, 0.6) is 0 Å². The average molecular weight is 786 g/mol. The smallest absolute Gasteiger partial charge is 0.0547 e. The van der Waals surface area contributed by atoms with E-state index in [9.17, 15) is 0 Å². The van der Waals surface area contributed by atoms with Crippen molar-refractivity contribution >= 4 is 86.4 Å². The highest BCUT2D eigenvalue weighted by Gasteiger charge is 2.38. The van der Waals surface area contributed by atoms with Crippen molar-refractivity contribution in [3.8, 4) is 39.1 Å². The standard InChI is InChI=1S/C61H39N/c1-61(2)52-29-27-40(44-22-11-16-36-13-3-6-18-43(36)44)32-50(52)60-51-35-56(48-23-12-17-37-25-26-42(34-53(60)61)59(51)58(37)48)62-54-24-10-9-21-47(54)49-33-41(28-30-55(49)62)57-45-19-7-4-14-38(45)31-39-15-5-8-20-46(39)57/h3-35H,1-2H3. The van der Waals surface area contributed by atoms with Crippen LogP contribution in [-0.4, -0.2) is 4.57 Å². The molecule has 1 aromatic heterocycles. The molecular weight excluding hydrogens is 747 g/mol. The monoisotopic (exact) mass is 785 g/mol. The lowest BCUT2D eigenvalue weighted by Gasteiger charge is -2.23. The third-order valence-corrected chi connectivity index (χ3v) is 14.5. The molecule has 62 heavy (non-hydrogen) atoms. The van der Waals surface area contributed by atoms with E-state index >= 15 is 0 Å². The van der Waals surface area contributed by atoms with Gasteiger partial charge in [-0.3, -0.25) is 0 Å². The fourth-order valence-corrected chi connectivity index (χ4v) is 11.6. The van der Waals surface area contributed by atoms with Gasteiger partial charge in [-0.05, 0) is 146 Å². The van der Waals surface area contributed by atoms with Gasteiger partial charge in [-0.15, -0.1) is 0 Å². The molecule has 0 bridgehead atoms. The van der Waals surface area contributed by atoms with E-state index in [4.69, 9.17) is 0 Å². The van der Waals surface area contributed by atoms with Crippen molar-refractivity contribution in [1.29, 1.82) is 0 Å². The maximum Gasteiger partial charge on any atom is 0.0547 e. The van der Waals surface area contributed by atoms with Crippen molar-refractivity contribution in [2.45, 2.75) is 19.3 Å². The SMILES string of the molecule is CC1(C)c2ccc(-c3cccc4ccccc34)cc2-c2c1cc1ccc3cccc4c(-n5c6ccccc6c6cc(-c7c8ccccc8cc8ccccc78)ccc65)cc2c1c34. The molecule has 1 heteroatoms. The normalized spacial score (nSPS) is 13.5. The molecule has 0 unspecified atom stereocenters. The molecule has 0 aliphatic heterocycles. The van der Waals surface area contributed by atoms with E-state index in [1.54, 1.807) is 0 Å². The van der Waals surface area contributed by atoms with E-state index < -0.39 is 0 Å². The summed E-state index contributed by atoms with van der Waals surface area (Å²) in [6, 6.07) is 75.5. The molecule has 0 saturated heterocycles. The minimum absolute atomic E-state index is 0.165. The van der Waals surface area contributed by atoms with Gasteiger partial charge in [0.05, 0.1) is 16.7 Å². The fourth-order valence-electron chi connectivity index (χ4n) is 11.6. The Labute approximate surface area is 359 Å². The van der Waals surface area contributed by atoms with E-state index in [-0.39, 0.29) is 5.41 Å². The minimum Gasteiger partial charge on any atom is -0.309 e. The Morgan fingerprint density at radius 3 is 1.76 bits per heavy atom. The highest BCUT2D eigenvalue weighted by molar-refractivity contribution is 6.29. The van der Waals surface area contributed by atoms with Crippen LogP contribution in [-0.2, 0) is 5.41 Å². The molecule has 0 amide bonds. The molecule has 0 saturated carbocycles. The van der Waals surface area contributed by atoms with Gasteiger partial charge in [-0.1, -0.05) is 172 Å². The number of hydrogen-bond acceptors (Lipinski definition) is 0. The number of para-hydroxylation sites is 1. The van der Waals surface area contributed by atoms with Crippen molar-refractivity contribution in [2.24, 2.45) is 0 Å². The first-order valence-corrected chi connectivity index (χ1v) is 21.8. The van der Waals surface area contributed by atoms with E-state index in [1.165, 1.54) is 137 Å². The van der Waals surface area contributed by atoms with Gasteiger partial charge in [-0.2, -0.15) is 0 Å². The third-order valence-electron chi connectivity index (χ3n) is 14.5. The summed E-state index contributed by atoms with van der Waals surface area (Å²) < 4.78 is 2.55. The second-order valence-electron chi connectivity index (χ2n) is 18.0. The van der Waals surface area contributed by atoms with Crippen molar-refractivity contribution in [2.75, 3.05) is 0 Å². The quantitative estimate of drug-likeness (QED) is 0.124. The van der Waals surface area contributed by atoms with Crippen LogP contribution in [0.2, 0.25) is 0 Å². The molecule has 1 heterocycles. The Kier molecular flexibility index (Phi) is 6.69. The Hall–Kier alpha value is -7.74. The van der Waals surface area contributed by atoms with Crippen LogP contribution < -0.4 is 0 Å². The molecule has 0 atom stereocenters. The van der Waals surface area contributed by atoms with Gasteiger partial charge in [0.2, 0.25) is 0 Å². The van der Waals surface area contributed by atoms with Crippen LogP contribution in [0, 0.1) is 0 Å². The molecule has 288 valence electrons. The van der Waals surface area contributed by atoms with Gasteiger partial charge >= 0.3 is 0 Å². The molecule has 1 aliphatic carbocycles. The summed E-state index contributed by atoms with van der Waals surface area (Å²) in [7, 11) is 0. The molecule has 1 aliphatic rings. The lowest BCUT2D eigenvalue weighted by Crippen LogP contribution is -2.15. The highest BCUT2D eigenvalue weighted by Crippen LogP contribution is 2.55. The Morgan fingerprint density at radius 2 is 0.935 bits per heavy atom. The Balaban J connectivity index is 1.08. The molecule has 0 fully saturated rings. The van der Waals surface area contributed by atoms with Gasteiger partial charge in [0.1, 0.15) is 0 Å². The summed E-state index contributed by atoms with van der Waals surface area (Å²) >= 11 is 0. The number of aromatic nitrogens is 1. The second kappa shape index (κ2) is 12.2. The van der Waals surface area contributed by atoms with Crippen LogP contribution in [0.4, 0.5) is 0 Å². The lowest BCUT2D eigenvalue weighted by atomic mass is 9.80. The number of fused-ring (bicyclic) bond motifs is 10. The van der Waals surface area contributed by atoms with Crippen LogP contribution in [0.1, 0.15) is 25.0 Å². The van der Waals surface area contributed by atoms with Crippen LogP contribution in [0.25, 0.3) is 126 Å². The second-order valence-corrected chi connectivity index (χ2v) is 18.0. The Bertz CT molecular complexity index is 4010. The predicted octanol–water partition coefficient (Wildman–Crippen LogP) is 16.8. The van der Waals surface area contributed by atoms with E-state index in [0.717, 1.165) is 0 Å². The molecule has 0 radical (unpaired) electrons. The van der Waals surface area contributed by atoms with Crippen LogP contribution in [0.15, 0.2) is 200 Å². The molecule has 14 rings (SSSR count). The summed E-state index contributed by atoms with van der Waals surface area (Å²) in [5.41, 5.74) is 14.0. The van der Waals surface area contributed by atoms with Crippen LogP contribution >= 0.6 is 0 Å². The zero-order valence-electron chi connectivity index (χ0n) is 34.5. The maximum absolute atomic E-state index is 2.55. The number of hydrogen-bond donors (Lipinski definition) is 0. The number of nitrogens with zero attached hydrogens (tertiary/aromatic N) is 1. The average Bonchev–Trinajstić information content (AvgIpc) is 3.76. The molecule has 1 nitrogen and oxygen atoms in total. The van der Waals surface area contributed by atoms with Crippen molar-refractivity contribution in [3.63, 3.8) is 0 Å². The van der Waals surface area contributed by atoms with E-state index in [0.29, 0.717) is 0 Å². The molecule has 12 aromatic carbocycles. The van der Waals surface area contributed by atoms with Gasteiger partial charge in [0.25, 0.3) is 0 Å². The minimum atomic E-state index is -0.165. The van der Waals surface area contributed by atoms with Gasteiger partial charge in [-0.25, -0.2) is 0 Å². The molecule has 13 aromatic rings. The molecular formula is C61H39N. The summed E-state index contributed by atoms with van der Waals surface area (Å²) in [6.07, 6.45) is 0. The first-order valence-electron chi connectivity index (χ1n) is 21.8. The Morgan fingerprint density at radius 1 is 0.323 bits per heavy atom. The zero-order chi connectivity index (χ0) is 40.8. The predicted molar refractivity (Wildman–Crippen MR) is 265 cm³/mol. The lowest BCUT2D eigenvalue weighted by molar-refractivity contribution is 0.661. The maximum atomic E-state index is 2.55. The van der Waals surface area contributed by atoms with Gasteiger partial charge in [0.15, 0.2) is 0 Å². The van der Waals surface area contributed by atoms with E-state index in [2.05, 4.69) is 219 Å². The topological polar surface area (TPSA) is 4.93 Å². The van der Waals surface area contributed by atoms with Crippen molar-refractivity contribution in [1.82, 2.24) is 4.57 Å². The first kappa shape index (κ1) is 34.0. The first-order chi connectivity index (χ1) is 30.5. The summed E-state index contributed by atoms with van der Waals surface area (Å²) in [5, 5.41) is 18.0. The van der Waals surface area contributed by atoms with E-state index in [1.807, 2.05) is 0 Å². The van der Waals surface area contributed by atoms with Crippen LogP contribution in [0.3, 0.4) is 0 Å².